The summed E-state index contributed by atoms with van der Waals surface area (Å²) in [6.45, 7) is 9.18. The molecule has 1 aliphatic rings. The van der Waals surface area contributed by atoms with E-state index in [4.69, 9.17) is 4.74 Å². The Bertz CT molecular complexity index is 1520. The second-order valence-electron chi connectivity index (χ2n) is 13.1. The van der Waals surface area contributed by atoms with Crippen LogP contribution < -0.4 is 20.7 Å². The van der Waals surface area contributed by atoms with E-state index in [9.17, 15) is 24.3 Å². The molecule has 1 saturated heterocycles. The van der Waals surface area contributed by atoms with Gasteiger partial charge in [0, 0.05) is 35.2 Å². The molecule has 11 heteroatoms. The first-order valence-electron chi connectivity index (χ1n) is 15.7. The van der Waals surface area contributed by atoms with Crippen LogP contribution in [-0.4, -0.2) is 81.5 Å². The van der Waals surface area contributed by atoms with Gasteiger partial charge < -0.3 is 30.7 Å². The molecule has 0 bridgehead atoms. The van der Waals surface area contributed by atoms with Gasteiger partial charge in [0.05, 0.1) is 6.04 Å². The molecule has 11 nitrogen and oxygen atoms in total. The van der Waals surface area contributed by atoms with Crippen molar-refractivity contribution in [2.24, 2.45) is 5.92 Å². The van der Waals surface area contributed by atoms with Gasteiger partial charge in [-0.3, -0.25) is 24.2 Å². The molecular weight excluding hydrogens is 586 g/mol. The Hall–Kier alpha value is -4.51. The fourth-order valence-corrected chi connectivity index (χ4v) is 5.59. The summed E-state index contributed by atoms with van der Waals surface area (Å²) in [5.74, 6) is -1.75. The molecule has 0 radical (unpaired) electrons. The standard InChI is InChI=1S/C35H45N5O6/c1-22(2)30(38-29(41)21-46-28-15-9-13-24-20-36-17-16-25(24)28)33(44)37-26(19-23-11-7-6-8-12-23)31(42)34(45)40-18-10-14-27(40)32(43)39-35(3,4)5/h6-9,11-13,15-17,20,22,26-27,30-31,42H,10,14,18-19,21H2,1-5H3,(H,37,44)(H,38,41)(H,39,43). The van der Waals surface area contributed by atoms with E-state index in [-0.39, 0.29) is 24.9 Å². The van der Waals surface area contributed by atoms with Crippen LogP contribution >= 0.6 is 0 Å². The Morgan fingerprint density at radius 2 is 1.76 bits per heavy atom. The first-order valence-corrected chi connectivity index (χ1v) is 15.7. The minimum Gasteiger partial charge on any atom is -0.483 e. The van der Waals surface area contributed by atoms with Crippen LogP contribution in [0, 0.1) is 5.92 Å². The van der Waals surface area contributed by atoms with Crippen molar-refractivity contribution in [3.8, 4) is 5.75 Å². The van der Waals surface area contributed by atoms with E-state index in [0.717, 1.165) is 16.3 Å². The van der Waals surface area contributed by atoms with E-state index in [1.54, 1.807) is 38.4 Å². The van der Waals surface area contributed by atoms with Crippen molar-refractivity contribution in [3.63, 3.8) is 0 Å². The average molecular weight is 632 g/mol. The highest BCUT2D eigenvalue weighted by atomic mass is 16.5. The number of ether oxygens (including phenoxy) is 1. The molecule has 4 unspecified atom stereocenters. The summed E-state index contributed by atoms with van der Waals surface area (Å²) < 4.78 is 5.79. The summed E-state index contributed by atoms with van der Waals surface area (Å²) in [6.07, 6.45) is 2.98. The zero-order valence-corrected chi connectivity index (χ0v) is 27.2. The summed E-state index contributed by atoms with van der Waals surface area (Å²) in [7, 11) is 0. The molecule has 2 heterocycles. The molecule has 4 N–H and O–H groups in total. The minimum atomic E-state index is -1.63. The van der Waals surface area contributed by atoms with Crippen LogP contribution in [-0.2, 0) is 25.6 Å². The monoisotopic (exact) mass is 631 g/mol. The number of pyridine rings is 1. The van der Waals surface area contributed by atoms with Gasteiger partial charge in [-0.25, -0.2) is 0 Å². The molecule has 1 aromatic heterocycles. The third kappa shape index (κ3) is 9.03. The van der Waals surface area contributed by atoms with Crippen molar-refractivity contribution in [1.29, 1.82) is 0 Å². The van der Waals surface area contributed by atoms with E-state index < -0.39 is 47.5 Å². The number of aliphatic hydroxyl groups excluding tert-OH is 1. The summed E-state index contributed by atoms with van der Waals surface area (Å²) in [6, 6.07) is 13.8. The number of carbonyl (C=O) groups excluding carboxylic acids is 4. The largest absolute Gasteiger partial charge is 0.483 e. The molecule has 4 rings (SSSR count). The number of nitrogens with one attached hydrogen (secondary N) is 3. The SMILES string of the molecule is CC(C)C(NC(=O)COc1cccc2cnccc12)C(=O)NC(Cc1ccccc1)C(O)C(=O)N1CCCC1C(=O)NC(C)(C)C. The van der Waals surface area contributed by atoms with Crippen LogP contribution in [0.25, 0.3) is 10.8 Å². The lowest BCUT2D eigenvalue weighted by Crippen LogP contribution is -2.59. The highest BCUT2D eigenvalue weighted by molar-refractivity contribution is 5.92. The Kier molecular flexibility index (Phi) is 11.3. The molecule has 2 aromatic carbocycles. The van der Waals surface area contributed by atoms with Crippen LogP contribution in [0.15, 0.2) is 67.0 Å². The fourth-order valence-electron chi connectivity index (χ4n) is 5.59. The van der Waals surface area contributed by atoms with Gasteiger partial charge in [-0.15, -0.1) is 0 Å². The second-order valence-corrected chi connectivity index (χ2v) is 13.1. The molecule has 246 valence electrons. The lowest BCUT2D eigenvalue weighted by molar-refractivity contribution is -0.147. The van der Waals surface area contributed by atoms with Gasteiger partial charge in [0.2, 0.25) is 11.8 Å². The topological polar surface area (TPSA) is 150 Å². The molecule has 4 atom stereocenters. The zero-order chi connectivity index (χ0) is 33.4. The van der Waals surface area contributed by atoms with Gasteiger partial charge in [0.25, 0.3) is 11.8 Å². The van der Waals surface area contributed by atoms with Crippen LogP contribution in [0.2, 0.25) is 0 Å². The summed E-state index contributed by atoms with van der Waals surface area (Å²) in [5.41, 5.74) is 0.316. The molecule has 0 saturated carbocycles. The van der Waals surface area contributed by atoms with Crippen molar-refractivity contribution in [2.45, 2.75) is 83.6 Å². The highest BCUT2D eigenvalue weighted by Crippen LogP contribution is 2.24. The molecule has 1 aliphatic heterocycles. The Balaban J connectivity index is 1.47. The summed E-state index contributed by atoms with van der Waals surface area (Å²) >= 11 is 0. The van der Waals surface area contributed by atoms with E-state index in [2.05, 4.69) is 20.9 Å². The number of hydrogen-bond acceptors (Lipinski definition) is 7. The number of amides is 4. The molecule has 0 aliphatic carbocycles. The number of aromatic nitrogens is 1. The predicted octanol–water partition coefficient (Wildman–Crippen LogP) is 2.75. The number of nitrogens with zero attached hydrogens (tertiary/aromatic N) is 2. The average Bonchev–Trinajstić information content (AvgIpc) is 3.51. The van der Waals surface area contributed by atoms with Crippen LogP contribution in [0.5, 0.6) is 5.75 Å². The number of likely N-dealkylation sites (tertiary alicyclic amines) is 1. The quantitative estimate of drug-likeness (QED) is 0.240. The van der Waals surface area contributed by atoms with E-state index >= 15 is 0 Å². The maximum absolute atomic E-state index is 13.7. The smallest absolute Gasteiger partial charge is 0.258 e. The number of carbonyl (C=O) groups is 4. The maximum Gasteiger partial charge on any atom is 0.258 e. The Labute approximate surface area is 270 Å². The van der Waals surface area contributed by atoms with Gasteiger partial charge >= 0.3 is 0 Å². The second kappa shape index (κ2) is 15.2. The fraction of sp³-hybridized carbons (Fsp3) is 0.457. The minimum absolute atomic E-state index is 0.157. The molecule has 0 spiro atoms. The number of benzene rings is 2. The maximum atomic E-state index is 13.7. The van der Waals surface area contributed by atoms with Gasteiger partial charge in [-0.1, -0.05) is 56.3 Å². The van der Waals surface area contributed by atoms with Gasteiger partial charge in [0.15, 0.2) is 12.7 Å². The van der Waals surface area contributed by atoms with E-state index in [1.165, 1.54) is 4.90 Å². The number of rotatable bonds is 12. The van der Waals surface area contributed by atoms with E-state index in [1.807, 2.05) is 63.2 Å². The summed E-state index contributed by atoms with van der Waals surface area (Å²) in [5, 5.41) is 21.6. The first kappa shape index (κ1) is 34.4. The van der Waals surface area contributed by atoms with Crippen LogP contribution in [0.1, 0.15) is 53.0 Å². The van der Waals surface area contributed by atoms with Gasteiger partial charge in [-0.05, 0) is 63.6 Å². The van der Waals surface area contributed by atoms with Crippen LogP contribution in [0.4, 0.5) is 0 Å². The van der Waals surface area contributed by atoms with Gasteiger partial charge in [0.1, 0.15) is 17.8 Å². The lowest BCUT2D eigenvalue weighted by atomic mass is 9.97. The third-order valence-electron chi connectivity index (χ3n) is 7.86. The predicted molar refractivity (Wildman–Crippen MR) is 175 cm³/mol. The third-order valence-corrected chi connectivity index (χ3v) is 7.86. The molecule has 4 amide bonds. The van der Waals surface area contributed by atoms with Crippen LogP contribution in [0.3, 0.4) is 0 Å². The Morgan fingerprint density at radius 1 is 1.02 bits per heavy atom. The molecule has 1 fully saturated rings. The van der Waals surface area contributed by atoms with Crippen molar-refractivity contribution < 1.29 is 29.0 Å². The molecule has 46 heavy (non-hydrogen) atoms. The summed E-state index contributed by atoms with van der Waals surface area (Å²) in [4.78, 5) is 58.9. The van der Waals surface area contributed by atoms with Crippen molar-refractivity contribution in [2.75, 3.05) is 13.2 Å². The first-order chi connectivity index (χ1) is 21.8. The highest BCUT2D eigenvalue weighted by Gasteiger charge is 2.41. The zero-order valence-electron chi connectivity index (χ0n) is 27.2. The molecular formula is C35H45N5O6. The number of hydrogen-bond donors (Lipinski definition) is 4. The van der Waals surface area contributed by atoms with Crippen molar-refractivity contribution in [1.82, 2.24) is 25.8 Å². The normalized spacial score (nSPS) is 16.8. The molecule has 3 aromatic rings. The number of aliphatic hydroxyl groups is 1. The van der Waals surface area contributed by atoms with Gasteiger partial charge in [-0.2, -0.15) is 0 Å². The lowest BCUT2D eigenvalue weighted by Gasteiger charge is -2.33. The van der Waals surface area contributed by atoms with E-state index in [0.29, 0.717) is 25.1 Å². The number of fused-ring (bicyclic) bond motifs is 1. The van der Waals surface area contributed by atoms with Crippen molar-refractivity contribution >= 4 is 34.4 Å². The van der Waals surface area contributed by atoms with Crippen molar-refractivity contribution in [3.05, 3.63) is 72.6 Å². The Morgan fingerprint density at radius 3 is 2.46 bits per heavy atom.